The van der Waals surface area contributed by atoms with Crippen molar-refractivity contribution in [3.05, 3.63) is 36.2 Å². The molecule has 1 aromatic carbocycles. The molecular formula is C13H18N4O2. The zero-order chi connectivity index (χ0) is 13.5. The average Bonchev–Trinajstić information content (AvgIpc) is 2.96. The van der Waals surface area contributed by atoms with E-state index in [2.05, 4.69) is 15.6 Å². The van der Waals surface area contributed by atoms with Gasteiger partial charge < -0.3 is 14.8 Å². The lowest BCUT2D eigenvalue weighted by atomic mass is 10.2. The summed E-state index contributed by atoms with van der Waals surface area (Å²) in [6, 6.07) is 5.86. The van der Waals surface area contributed by atoms with Crippen molar-refractivity contribution in [2.45, 2.75) is 13.1 Å². The summed E-state index contributed by atoms with van der Waals surface area (Å²) in [5, 5.41) is 11.0. The van der Waals surface area contributed by atoms with Gasteiger partial charge >= 0.3 is 0 Å². The van der Waals surface area contributed by atoms with Crippen LogP contribution in [0.4, 0.5) is 0 Å². The highest BCUT2D eigenvalue weighted by Gasteiger charge is 2.08. The molecule has 0 bridgehead atoms. The fourth-order valence-corrected chi connectivity index (χ4v) is 1.86. The highest BCUT2D eigenvalue weighted by molar-refractivity contribution is 5.46. The Labute approximate surface area is 112 Å². The van der Waals surface area contributed by atoms with E-state index in [9.17, 15) is 0 Å². The van der Waals surface area contributed by atoms with Crippen molar-refractivity contribution in [2.24, 2.45) is 0 Å². The summed E-state index contributed by atoms with van der Waals surface area (Å²) in [7, 11) is 3.29. The lowest BCUT2D eigenvalue weighted by molar-refractivity contribution is 0.350. The first-order valence-corrected chi connectivity index (χ1v) is 6.10. The number of nitrogens with one attached hydrogen (secondary N) is 1. The molecule has 6 heteroatoms. The van der Waals surface area contributed by atoms with Gasteiger partial charge in [0.15, 0.2) is 11.5 Å². The molecule has 0 atom stereocenters. The SMILES string of the molecule is COc1cccc(CNCCn2ccnn2)c1OC. The molecule has 0 amide bonds. The highest BCUT2D eigenvalue weighted by atomic mass is 16.5. The quantitative estimate of drug-likeness (QED) is 0.757. The number of hydrogen-bond donors (Lipinski definition) is 1. The van der Waals surface area contributed by atoms with Crippen LogP contribution in [-0.4, -0.2) is 35.8 Å². The summed E-state index contributed by atoms with van der Waals surface area (Å²) in [6.07, 6.45) is 3.51. The van der Waals surface area contributed by atoms with Crippen molar-refractivity contribution in [3.63, 3.8) is 0 Å². The van der Waals surface area contributed by atoms with Gasteiger partial charge in [0.25, 0.3) is 0 Å². The second kappa shape index (κ2) is 6.75. The highest BCUT2D eigenvalue weighted by Crippen LogP contribution is 2.30. The van der Waals surface area contributed by atoms with Gasteiger partial charge in [-0.1, -0.05) is 17.3 Å². The number of ether oxygens (including phenoxy) is 2. The maximum Gasteiger partial charge on any atom is 0.165 e. The van der Waals surface area contributed by atoms with E-state index in [1.165, 1.54) is 0 Å². The van der Waals surface area contributed by atoms with Crippen molar-refractivity contribution >= 4 is 0 Å². The molecule has 0 saturated heterocycles. The van der Waals surface area contributed by atoms with Crippen LogP contribution in [0.15, 0.2) is 30.6 Å². The maximum atomic E-state index is 5.38. The van der Waals surface area contributed by atoms with Crippen molar-refractivity contribution in [1.82, 2.24) is 20.3 Å². The van der Waals surface area contributed by atoms with Gasteiger partial charge in [0.05, 0.1) is 27.0 Å². The number of aromatic nitrogens is 3. The Morgan fingerprint density at radius 2 is 2.16 bits per heavy atom. The molecule has 0 saturated carbocycles. The summed E-state index contributed by atoms with van der Waals surface area (Å²) < 4.78 is 12.4. The fraction of sp³-hybridized carbons (Fsp3) is 0.385. The zero-order valence-corrected chi connectivity index (χ0v) is 11.2. The molecule has 102 valence electrons. The van der Waals surface area contributed by atoms with E-state index < -0.39 is 0 Å². The van der Waals surface area contributed by atoms with Crippen LogP contribution in [0.25, 0.3) is 0 Å². The molecule has 2 rings (SSSR count). The second-order valence-corrected chi connectivity index (χ2v) is 4.00. The van der Waals surface area contributed by atoms with E-state index in [4.69, 9.17) is 9.47 Å². The molecule has 6 nitrogen and oxygen atoms in total. The summed E-state index contributed by atoms with van der Waals surface area (Å²) in [5.41, 5.74) is 1.07. The molecule has 0 spiro atoms. The van der Waals surface area contributed by atoms with Crippen LogP contribution < -0.4 is 14.8 Å². The molecule has 2 aromatic rings. The van der Waals surface area contributed by atoms with Crippen LogP contribution in [0.1, 0.15) is 5.56 Å². The summed E-state index contributed by atoms with van der Waals surface area (Å²) in [5.74, 6) is 1.52. The minimum atomic E-state index is 0.717. The largest absolute Gasteiger partial charge is 0.493 e. The molecule has 1 N–H and O–H groups in total. The Hall–Kier alpha value is -2.08. The van der Waals surface area contributed by atoms with E-state index in [-0.39, 0.29) is 0 Å². The van der Waals surface area contributed by atoms with Crippen molar-refractivity contribution in [3.8, 4) is 11.5 Å². The van der Waals surface area contributed by atoms with Crippen molar-refractivity contribution < 1.29 is 9.47 Å². The minimum Gasteiger partial charge on any atom is -0.493 e. The Bertz CT molecular complexity index is 499. The van der Waals surface area contributed by atoms with Gasteiger partial charge in [-0.05, 0) is 6.07 Å². The van der Waals surface area contributed by atoms with Gasteiger partial charge in [-0.2, -0.15) is 0 Å². The zero-order valence-electron chi connectivity index (χ0n) is 11.2. The van der Waals surface area contributed by atoms with Crippen LogP contribution in [-0.2, 0) is 13.1 Å². The van der Waals surface area contributed by atoms with E-state index >= 15 is 0 Å². The summed E-state index contributed by atoms with van der Waals surface area (Å²) in [6.45, 7) is 2.31. The number of hydrogen-bond acceptors (Lipinski definition) is 5. The molecule has 0 aliphatic heterocycles. The predicted octanol–water partition coefficient (Wildman–Crippen LogP) is 1.09. The smallest absolute Gasteiger partial charge is 0.165 e. The molecule has 0 unspecified atom stereocenters. The van der Waals surface area contributed by atoms with E-state index in [1.807, 2.05) is 24.4 Å². The maximum absolute atomic E-state index is 5.38. The Kier molecular flexibility index (Phi) is 4.74. The number of para-hydroxylation sites is 1. The lowest BCUT2D eigenvalue weighted by Gasteiger charge is -2.13. The van der Waals surface area contributed by atoms with Crippen LogP contribution in [0.3, 0.4) is 0 Å². The third-order valence-corrected chi connectivity index (χ3v) is 2.79. The van der Waals surface area contributed by atoms with Crippen LogP contribution in [0.2, 0.25) is 0 Å². The Morgan fingerprint density at radius 1 is 1.26 bits per heavy atom. The summed E-state index contributed by atoms with van der Waals surface area (Å²) >= 11 is 0. The van der Waals surface area contributed by atoms with E-state index in [0.29, 0.717) is 0 Å². The van der Waals surface area contributed by atoms with Crippen LogP contribution in [0.5, 0.6) is 11.5 Å². The molecule has 0 fully saturated rings. The van der Waals surface area contributed by atoms with Gasteiger partial charge in [-0.15, -0.1) is 5.10 Å². The Morgan fingerprint density at radius 3 is 2.84 bits per heavy atom. The van der Waals surface area contributed by atoms with Crippen molar-refractivity contribution in [2.75, 3.05) is 20.8 Å². The topological polar surface area (TPSA) is 61.2 Å². The molecule has 0 aliphatic rings. The molecule has 1 aromatic heterocycles. The monoisotopic (exact) mass is 262 g/mol. The third-order valence-electron chi connectivity index (χ3n) is 2.79. The molecule has 0 aliphatic carbocycles. The van der Waals surface area contributed by atoms with E-state index in [1.54, 1.807) is 25.1 Å². The third kappa shape index (κ3) is 3.45. The first-order valence-electron chi connectivity index (χ1n) is 6.10. The normalized spacial score (nSPS) is 10.4. The van der Waals surface area contributed by atoms with Gasteiger partial charge in [0.1, 0.15) is 0 Å². The lowest BCUT2D eigenvalue weighted by Crippen LogP contribution is -2.20. The van der Waals surface area contributed by atoms with Gasteiger partial charge in [-0.25, -0.2) is 0 Å². The molecule has 1 heterocycles. The van der Waals surface area contributed by atoms with Crippen LogP contribution in [0, 0.1) is 0 Å². The predicted molar refractivity (Wildman–Crippen MR) is 71.3 cm³/mol. The molecular weight excluding hydrogens is 244 g/mol. The average molecular weight is 262 g/mol. The summed E-state index contributed by atoms with van der Waals surface area (Å²) in [4.78, 5) is 0. The standard InChI is InChI=1S/C13H18N4O2/c1-18-12-5-3-4-11(13(12)19-2)10-14-6-8-17-9-7-15-16-17/h3-5,7,9,14H,6,8,10H2,1-2H3. The minimum absolute atomic E-state index is 0.717. The van der Waals surface area contributed by atoms with Gasteiger partial charge in [0, 0.05) is 24.8 Å². The number of methoxy groups -OCH3 is 2. The first kappa shape index (κ1) is 13.4. The molecule has 19 heavy (non-hydrogen) atoms. The van der Waals surface area contributed by atoms with E-state index in [0.717, 1.165) is 36.7 Å². The molecule has 0 radical (unpaired) electrons. The number of nitrogens with zero attached hydrogens (tertiary/aromatic N) is 3. The first-order chi connectivity index (χ1) is 9.35. The van der Waals surface area contributed by atoms with Crippen LogP contribution >= 0.6 is 0 Å². The Balaban J connectivity index is 1.88. The van der Waals surface area contributed by atoms with Gasteiger partial charge in [-0.3, -0.25) is 4.68 Å². The van der Waals surface area contributed by atoms with Crippen molar-refractivity contribution in [1.29, 1.82) is 0 Å². The fourth-order valence-electron chi connectivity index (χ4n) is 1.86. The second-order valence-electron chi connectivity index (χ2n) is 4.00. The van der Waals surface area contributed by atoms with Gasteiger partial charge in [0.2, 0.25) is 0 Å². The number of benzene rings is 1. The number of rotatable bonds is 7.